The number of benzene rings is 2. The van der Waals surface area contributed by atoms with Gasteiger partial charge in [0, 0.05) is 28.1 Å². The molecule has 4 rings (SSSR count). The number of nitrogens with zero attached hydrogens (tertiary/aromatic N) is 3. The zero-order valence-electron chi connectivity index (χ0n) is 17.2. The minimum absolute atomic E-state index is 0.0112. The first kappa shape index (κ1) is 20.5. The summed E-state index contributed by atoms with van der Waals surface area (Å²) in [6, 6.07) is 11.6. The highest BCUT2D eigenvalue weighted by molar-refractivity contribution is 7.14. The zero-order chi connectivity index (χ0) is 21.3. The van der Waals surface area contributed by atoms with Crippen LogP contribution in [0.1, 0.15) is 24.9 Å². The predicted octanol–water partition coefficient (Wildman–Crippen LogP) is 5.82. The van der Waals surface area contributed by atoms with Crippen molar-refractivity contribution >= 4 is 33.8 Å². The van der Waals surface area contributed by atoms with Crippen molar-refractivity contribution in [1.29, 1.82) is 0 Å². The van der Waals surface area contributed by atoms with Gasteiger partial charge in [-0.1, -0.05) is 23.7 Å². The van der Waals surface area contributed by atoms with Gasteiger partial charge in [0.1, 0.15) is 0 Å². The lowest BCUT2D eigenvalue weighted by atomic mass is 10.0. The highest BCUT2D eigenvalue weighted by atomic mass is 35.5. The number of thiazole rings is 1. The largest absolute Gasteiger partial charge is 0.493 e. The molecule has 0 amide bonds. The predicted molar refractivity (Wildman–Crippen MR) is 122 cm³/mol. The molecule has 1 aliphatic rings. The fraction of sp³-hybridized carbons (Fsp3) is 0.273. The van der Waals surface area contributed by atoms with Crippen molar-refractivity contribution < 1.29 is 14.2 Å². The van der Waals surface area contributed by atoms with Gasteiger partial charge in [0.15, 0.2) is 11.5 Å². The molecule has 2 aromatic carbocycles. The van der Waals surface area contributed by atoms with Gasteiger partial charge in [-0.2, -0.15) is 5.10 Å². The fourth-order valence-corrected chi connectivity index (χ4v) is 4.47. The van der Waals surface area contributed by atoms with Crippen molar-refractivity contribution in [2.75, 3.05) is 26.3 Å². The summed E-state index contributed by atoms with van der Waals surface area (Å²) in [6.45, 7) is 2.03. The van der Waals surface area contributed by atoms with Gasteiger partial charge in [-0.3, -0.25) is 0 Å². The molecule has 0 unspecified atom stereocenters. The molecule has 0 bridgehead atoms. The van der Waals surface area contributed by atoms with Crippen LogP contribution in [-0.4, -0.2) is 32.0 Å². The smallest absolute Gasteiger partial charge is 0.207 e. The second-order valence-electron chi connectivity index (χ2n) is 6.88. The summed E-state index contributed by atoms with van der Waals surface area (Å²) in [5.74, 6) is 1.82. The van der Waals surface area contributed by atoms with E-state index < -0.39 is 0 Å². The molecule has 8 heteroatoms. The van der Waals surface area contributed by atoms with Gasteiger partial charge in [0.05, 0.1) is 33.1 Å². The SMILES string of the molecule is COc1cc([C@@H]2CC(C)=NN2c2nc(-c3ccc(Cl)cc3)cs2)cc(OC)c1OC. The van der Waals surface area contributed by atoms with Crippen molar-refractivity contribution in [1.82, 2.24) is 4.98 Å². The number of hydrogen-bond donors (Lipinski definition) is 0. The van der Waals surface area contributed by atoms with E-state index >= 15 is 0 Å². The van der Waals surface area contributed by atoms with Gasteiger partial charge < -0.3 is 14.2 Å². The average molecular weight is 444 g/mol. The summed E-state index contributed by atoms with van der Waals surface area (Å²) in [7, 11) is 4.84. The van der Waals surface area contributed by atoms with Gasteiger partial charge in [-0.25, -0.2) is 9.99 Å². The van der Waals surface area contributed by atoms with E-state index in [9.17, 15) is 0 Å². The molecule has 2 heterocycles. The number of aromatic nitrogens is 1. The van der Waals surface area contributed by atoms with Gasteiger partial charge in [-0.05, 0) is 36.8 Å². The Bertz CT molecular complexity index is 1060. The molecule has 6 nitrogen and oxygen atoms in total. The minimum Gasteiger partial charge on any atom is -0.493 e. The van der Waals surface area contributed by atoms with E-state index in [2.05, 4.69) is 0 Å². The second-order valence-corrected chi connectivity index (χ2v) is 8.15. The minimum atomic E-state index is -0.0112. The van der Waals surface area contributed by atoms with E-state index in [1.165, 1.54) is 0 Å². The van der Waals surface area contributed by atoms with Crippen molar-refractivity contribution in [2.24, 2.45) is 5.10 Å². The Morgan fingerprint density at radius 3 is 2.30 bits per heavy atom. The van der Waals surface area contributed by atoms with E-state index in [1.807, 2.05) is 53.7 Å². The summed E-state index contributed by atoms with van der Waals surface area (Å²) < 4.78 is 16.5. The first-order valence-corrected chi connectivity index (χ1v) is 10.6. The molecule has 0 fully saturated rings. The van der Waals surface area contributed by atoms with Gasteiger partial charge in [0.2, 0.25) is 10.9 Å². The average Bonchev–Trinajstić information content (AvgIpc) is 3.40. The van der Waals surface area contributed by atoms with Gasteiger partial charge in [0.25, 0.3) is 0 Å². The Kier molecular flexibility index (Phi) is 5.83. The van der Waals surface area contributed by atoms with Crippen molar-refractivity contribution in [3.05, 3.63) is 52.4 Å². The number of methoxy groups -OCH3 is 3. The van der Waals surface area contributed by atoms with Crippen LogP contribution in [0.2, 0.25) is 5.02 Å². The molecule has 1 aromatic heterocycles. The van der Waals surface area contributed by atoms with Crippen molar-refractivity contribution in [2.45, 2.75) is 19.4 Å². The lowest BCUT2D eigenvalue weighted by Crippen LogP contribution is -2.18. The Morgan fingerprint density at radius 2 is 1.70 bits per heavy atom. The lowest BCUT2D eigenvalue weighted by Gasteiger charge is -2.23. The van der Waals surface area contributed by atoms with Gasteiger partial charge in [-0.15, -0.1) is 11.3 Å². The molecule has 3 aromatic rings. The standard InChI is InChI=1S/C22H22ClN3O3S/c1-13-9-18(15-10-19(27-2)21(29-4)20(11-15)28-3)26(25-13)22-24-17(12-30-22)14-5-7-16(23)8-6-14/h5-8,10-12,18H,9H2,1-4H3/t18-/m0/s1. The van der Waals surface area contributed by atoms with Crippen LogP contribution in [0, 0.1) is 0 Å². The van der Waals surface area contributed by atoms with E-state index in [0.29, 0.717) is 22.3 Å². The molecule has 0 spiro atoms. The molecule has 0 saturated heterocycles. The van der Waals surface area contributed by atoms with Crippen molar-refractivity contribution in [3.63, 3.8) is 0 Å². The van der Waals surface area contributed by atoms with Crippen LogP contribution in [0.15, 0.2) is 46.9 Å². The zero-order valence-corrected chi connectivity index (χ0v) is 18.8. The highest BCUT2D eigenvalue weighted by Crippen LogP contribution is 2.44. The van der Waals surface area contributed by atoms with Crippen LogP contribution in [0.3, 0.4) is 0 Å². The number of halogens is 1. The third kappa shape index (κ3) is 3.82. The Labute approximate surface area is 184 Å². The third-order valence-electron chi connectivity index (χ3n) is 4.96. The molecular formula is C22H22ClN3O3S. The normalized spacial score (nSPS) is 15.8. The monoisotopic (exact) mass is 443 g/mol. The van der Waals surface area contributed by atoms with E-state index in [4.69, 9.17) is 35.9 Å². The topological polar surface area (TPSA) is 56.2 Å². The molecule has 30 heavy (non-hydrogen) atoms. The maximum Gasteiger partial charge on any atom is 0.207 e. The quantitative estimate of drug-likeness (QED) is 0.480. The maximum absolute atomic E-state index is 6.01. The molecule has 0 aliphatic carbocycles. The molecule has 156 valence electrons. The summed E-state index contributed by atoms with van der Waals surface area (Å²) >= 11 is 7.57. The highest BCUT2D eigenvalue weighted by Gasteiger charge is 2.31. The fourth-order valence-electron chi connectivity index (χ4n) is 3.51. The van der Waals surface area contributed by atoms with E-state index in [1.54, 1.807) is 32.7 Å². The Balaban J connectivity index is 1.70. The first-order chi connectivity index (χ1) is 14.5. The van der Waals surface area contributed by atoms with E-state index in [0.717, 1.165) is 34.1 Å². The Hall–Kier alpha value is -2.77. The number of rotatable bonds is 6. The van der Waals surface area contributed by atoms with Crippen LogP contribution >= 0.6 is 22.9 Å². The number of ether oxygens (including phenoxy) is 3. The molecule has 0 N–H and O–H groups in total. The molecule has 1 atom stereocenters. The van der Waals surface area contributed by atoms with Gasteiger partial charge >= 0.3 is 0 Å². The third-order valence-corrected chi connectivity index (χ3v) is 6.04. The molecule has 0 radical (unpaired) electrons. The van der Waals surface area contributed by atoms with Crippen LogP contribution in [0.4, 0.5) is 5.13 Å². The molecule has 0 saturated carbocycles. The molecule has 1 aliphatic heterocycles. The maximum atomic E-state index is 6.01. The summed E-state index contributed by atoms with van der Waals surface area (Å²) in [6.07, 6.45) is 0.786. The van der Waals surface area contributed by atoms with Crippen LogP contribution in [0.5, 0.6) is 17.2 Å². The van der Waals surface area contributed by atoms with Crippen LogP contribution in [-0.2, 0) is 0 Å². The second kappa shape index (κ2) is 8.53. The van der Waals surface area contributed by atoms with Crippen LogP contribution in [0.25, 0.3) is 11.3 Å². The van der Waals surface area contributed by atoms with Crippen molar-refractivity contribution in [3.8, 4) is 28.5 Å². The summed E-state index contributed by atoms with van der Waals surface area (Å²) in [4.78, 5) is 4.83. The summed E-state index contributed by atoms with van der Waals surface area (Å²) in [5, 5.41) is 10.3. The first-order valence-electron chi connectivity index (χ1n) is 9.38. The molecular weight excluding hydrogens is 422 g/mol. The Morgan fingerprint density at radius 1 is 1.03 bits per heavy atom. The number of hydrogen-bond acceptors (Lipinski definition) is 7. The van der Waals surface area contributed by atoms with Crippen LogP contribution < -0.4 is 19.2 Å². The number of hydrazone groups is 1. The number of anilines is 1. The summed E-state index contributed by atoms with van der Waals surface area (Å²) in [5.41, 5.74) is 3.98. The lowest BCUT2D eigenvalue weighted by molar-refractivity contribution is 0.323. The van der Waals surface area contributed by atoms with E-state index in [-0.39, 0.29) is 6.04 Å².